The normalized spacial score (nSPS) is 10.0. The molecule has 1 radical (unpaired) electrons. The number of aryl methyl sites for hydroxylation is 1. The molecule has 0 aliphatic rings. The molecule has 3 heteroatoms. The minimum absolute atomic E-state index is 0. The van der Waals surface area contributed by atoms with Crippen LogP contribution in [0.25, 0.3) is 15.8 Å². The van der Waals surface area contributed by atoms with Crippen LogP contribution in [0.1, 0.15) is 11.1 Å². The third-order valence-corrected chi connectivity index (χ3v) is 3.12. The topological polar surface area (TPSA) is 23.8 Å². The predicted octanol–water partition coefficient (Wildman–Crippen LogP) is 3.76. The first-order valence-electron chi connectivity index (χ1n) is 3.92. The Labute approximate surface area is 118 Å². The number of rotatable bonds is 1. The van der Waals surface area contributed by atoms with E-state index in [0.717, 1.165) is 5.56 Å². The fourth-order valence-corrected chi connectivity index (χ4v) is 2.24. The number of benzene rings is 1. The van der Waals surface area contributed by atoms with Crippen molar-refractivity contribution in [3.8, 4) is 0 Å². The van der Waals surface area contributed by atoms with Crippen LogP contribution in [0.3, 0.4) is 0 Å². The van der Waals surface area contributed by atoms with Crippen LogP contribution in [-0.4, -0.2) is 0 Å². The summed E-state index contributed by atoms with van der Waals surface area (Å²) in [5.74, 6) is 0. The van der Waals surface area contributed by atoms with E-state index in [9.17, 15) is 0 Å². The third-order valence-electron chi connectivity index (χ3n) is 2.04. The molecule has 1 heterocycles. The molecular formula is C10H10AcNS-. The number of hydrogen-bond acceptors (Lipinski definition) is 1. The summed E-state index contributed by atoms with van der Waals surface area (Å²) >= 11 is 1.77. The number of fused-ring (bicyclic) bond motifs is 1. The molecule has 2 aromatic rings. The van der Waals surface area contributed by atoms with Crippen LogP contribution in [0.4, 0.5) is 0 Å². The van der Waals surface area contributed by atoms with Gasteiger partial charge in [0, 0.05) is 48.8 Å². The predicted molar refractivity (Wildman–Crippen MR) is 54.6 cm³/mol. The van der Waals surface area contributed by atoms with E-state index in [-0.39, 0.29) is 44.1 Å². The van der Waals surface area contributed by atoms with E-state index in [1.54, 1.807) is 11.3 Å². The average Bonchev–Trinajstić information content (AvgIpc) is 2.47. The molecule has 0 saturated carbocycles. The Morgan fingerprint density at radius 2 is 2.15 bits per heavy atom. The molecule has 0 saturated heterocycles. The maximum atomic E-state index is 7.25. The molecule has 0 bridgehead atoms. The van der Waals surface area contributed by atoms with E-state index in [2.05, 4.69) is 24.4 Å². The van der Waals surface area contributed by atoms with E-state index in [0.29, 0.717) is 6.54 Å². The molecule has 0 aliphatic carbocycles. The number of hydrogen-bond donors (Lipinski definition) is 0. The summed E-state index contributed by atoms with van der Waals surface area (Å²) in [7, 11) is 0. The molecule has 0 fully saturated rings. The van der Waals surface area contributed by atoms with E-state index < -0.39 is 0 Å². The molecule has 1 N–H and O–H groups in total. The molecule has 65 valence electrons. The molecule has 1 aromatic heterocycles. The Morgan fingerprint density at radius 3 is 2.85 bits per heavy atom. The first kappa shape index (κ1) is 11.7. The second-order valence-electron chi connectivity index (χ2n) is 2.93. The standard InChI is InChI=1S/C10H10NS.Ac/c1-7-6-12-10-3-2-8(5-11)4-9(7)10;/h2-4,6,11H,5H2,1H3;/q-1;. The van der Waals surface area contributed by atoms with Gasteiger partial charge in [0.05, 0.1) is 0 Å². The SMILES string of the molecule is Cc1csc2ccc(C[NH-])cc12.[Ac]. The molecule has 1 nitrogen and oxygen atoms in total. The summed E-state index contributed by atoms with van der Waals surface area (Å²) in [6.07, 6.45) is 0. The Bertz CT molecular complexity index is 408. The molecule has 0 unspecified atom stereocenters. The zero-order chi connectivity index (χ0) is 8.55. The van der Waals surface area contributed by atoms with Crippen LogP contribution in [0.5, 0.6) is 0 Å². The van der Waals surface area contributed by atoms with Gasteiger partial charge in [-0.15, -0.1) is 17.9 Å². The largest absolute Gasteiger partial charge is 0.674 e. The fraction of sp³-hybridized carbons (Fsp3) is 0.200. The first-order chi connectivity index (χ1) is 5.81. The zero-order valence-electron chi connectivity index (χ0n) is 7.50. The summed E-state index contributed by atoms with van der Waals surface area (Å²) in [4.78, 5) is 0. The zero-order valence-corrected chi connectivity index (χ0v) is 13.1. The van der Waals surface area contributed by atoms with Gasteiger partial charge in [-0.3, -0.25) is 0 Å². The summed E-state index contributed by atoms with van der Waals surface area (Å²) in [6.45, 7) is 2.50. The van der Waals surface area contributed by atoms with Gasteiger partial charge in [0.25, 0.3) is 0 Å². The van der Waals surface area contributed by atoms with E-state index in [1.165, 1.54) is 15.6 Å². The van der Waals surface area contributed by atoms with Crippen molar-refractivity contribution in [3.05, 3.63) is 40.4 Å². The van der Waals surface area contributed by atoms with E-state index in [4.69, 9.17) is 5.73 Å². The summed E-state index contributed by atoms with van der Waals surface area (Å²) in [5.41, 5.74) is 9.67. The van der Waals surface area contributed by atoms with Gasteiger partial charge in [-0.25, -0.2) is 0 Å². The smallest absolute Gasteiger partial charge is 0.0345 e. The van der Waals surface area contributed by atoms with Crippen LogP contribution in [0, 0.1) is 51.0 Å². The Morgan fingerprint density at radius 1 is 1.38 bits per heavy atom. The van der Waals surface area contributed by atoms with Gasteiger partial charge in [-0.1, -0.05) is 17.7 Å². The van der Waals surface area contributed by atoms with Gasteiger partial charge in [0.15, 0.2) is 0 Å². The number of thiophene rings is 1. The van der Waals surface area contributed by atoms with Crippen molar-refractivity contribution in [1.29, 1.82) is 0 Å². The monoisotopic (exact) mass is 403 g/mol. The van der Waals surface area contributed by atoms with Gasteiger partial charge in [-0.05, 0) is 29.3 Å². The van der Waals surface area contributed by atoms with E-state index in [1.807, 2.05) is 6.07 Å². The minimum atomic E-state index is 0. The Kier molecular flexibility index (Phi) is 4.38. The Hall–Kier alpha value is 0.582. The molecule has 1 aromatic carbocycles. The quantitative estimate of drug-likeness (QED) is 0.693. The maximum absolute atomic E-state index is 7.25. The molecule has 0 spiro atoms. The molecular weight excluding hydrogens is 393 g/mol. The average molecular weight is 403 g/mol. The van der Waals surface area contributed by atoms with Crippen LogP contribution < -0.4 is 0 Å². The molecule has 0 amide bonds. The third kappa shape index (κ3) is 2.33. The van der Waals surface area contributed by atoms with Crippen LogP contribution in [-0.2, 0) is 6.54 Å². The van der Waals surface area contributed by atoms with E-state index >= 15 is 0 Å². The van der Waals surface area contributed by atoms with Crippen molar-refractivity contribution in [3.63, 3.8) is 0 Å². The van der Waals surface area contributed by atoms with Gasteiger partial charge < -0.3 is 5.73 Å². The molecule has 2 rings (SSSR count). The second kappa shape index (κ2) is 4.89. The van der Waals surface area contributed by atoms with Crippen molar-refractivity contribution in [2.45, 2.75) is 13.5 Å². The van der Waals surface area contributed by atoms with Gasteiger partial charge in [0.2, 0.25) is 0 Å². The fourth-order valence-electron chi connectivity index (χ4n) is 1.31. The minimum Gasteiger partial charge on any atom is -0.674 e. The molecule has 0 atom stereocenters. The first-order valence-corrected chi connectivity index (χ1v) is 4.80. The van der Waals surface area contributed by atoms with Gasteiger partial charge >= 0.3 is 0 Å². The number of nitrogens with one attached hydrogen (secondary N) is 1. The van der Waals surface area contributed by atoms with Crippen molar-refractivity contribution >= 4 is 21.4 Å². The summed E-state index contributed by atoms with van der Waals surface area (Å²) < 4.78 is 1.32. The van der Waals surface area contributed by atoms with Crippen LogP contribution >= 0.6 is 11.3 Å². The summed E-state index contributed by atoms with van der Waals surface area (Å²) in [5, 5.41) is 3.48. The maximum Gasteiger partial charge on any atom is 0.0345 e. The summed E-state index contributed by atoms with van der Waals surface area (Å²) in [6, 6.07) is 6.26. The van der Waals surface area contributed by atoms with Crippen molar-refractivity contribution in [1.82, 2.24) is 0 Å². The Balaban J connectivity index is 0.000000845. The van der Waals surface area contributed by atoms with Gasteiger partial charge in [0.1, 0.15) is 0 Å². The molecule has 13 heavy (non-hydrogen) atoms. The second-order valence-corrected chi connectivity index (χ2v) is 3.84. The van der Waals surface area contributed by atoms with Crippen LogP contribution in [0.2, 0.25) is 0 Å². The van der Waals surface area contributed by atoms with Gasteiger partial charge in [-0.2, -0.15) is 0 Å². The van der Waals surface area contributed by atoms with Crippen LogP contribution in [0.15, 0.2) is 23.6 Å². The van der Waals surface area contributed by atoms with Crippen molar-refractivity contribution < 1.29 is 44.1 Å². The van der Waals surface area contributed by atoms with Crippen molar-refractivity contribution in [2.24, 2.45) is 0 Å². The van der Waals surface area contributed by atoms with Crippen molar-refractivity contribution in [2.75, 3.05) is 0 Å². The molecule has 0 aliphatic heterocycles.